The zero-order valence-electron chi connectivity index (χ0n) is 10.2. The van der Waals surface area contributed by atoms with Crippen molar-refractivity contribution in [2.24, 2.45) is 5.73 Å². The van der Waals surface area contributed by atoms with Crippen molar-refractivity contribution in [3.8, 4) is 0 Å². The maximum Gasteiger partial charge on any atom is 0.0366 e. The van der Waals surface area contributed by atoms with E-state index in [-0.39, 0.29) is 6.04 Å². The second kappa shape index (κ2) is 5.17. The molecule has 0 amide bonds. The van der Waals surface area contributed by atoms with Crippen LogP contribution in [-0.4, -0.2) is 13.1 Å². The molecular formula is C13H22N2. The van der Waals surface area contributed by atoms with Crippen molar-refractivity contribution < 1.29 is 0 Å². The Bertz CT molecular complexity index is 290. The highest BCUT2D eigenvalue weighted by molar-refractivity contribution is 5.48. The molecule has 0 saturated carbocycles. The quantitative estimate of drug-likeness (QED) is 0.820. The predicted octanol–water partition coefficient (Wildman–Crippen LogP) is 2.94. The van der Waals surface area contributed by atoms with Crippen LogP contribution in [0.5, 0.6) is 0 Å². The number of anilines is 1. The van der Waals surface area contributed by atoms with Crippen LogP contribution in [0.4, 0.5) is 5.69 Å². The molecule has 0 fully saturated rings. The van der Waals surface area contributed by atoms with Gasteiger partial charge in [0.1, 0.15) is 0 Å². The van der Waals surface area contributed by atoms with E-state index in [1.54, 1.807) is 0 Å². The van der Waals surface area contributed by atoms with Gasteiger partial charge in [0.25, 0.3) is 0 Å². The molecule has 0 aliphatic carbocycles. The van der Waals surface area contributed by atoms with Gasteiger partial charge in [0.05, 0.1) is 0 Å². The van der Waals surface area contributed by atoms with Gasteiger partial charge in [0.2, 0.25) is 0 Å². The monoisotopic (exact) mass is 206 g/mol. The van der Waals surface area contributed by atoms with Crippen molar-refractivity contribution in [2.45, 2.75) is 39.3 Å². The van der Waals surface area contributed by atoms with Gasteiger partial charge in [-0.3, -0.25) is 0 Å². The minimum absolute atomic E-state index is 0.118. The Balaban J connectivity index is 2.79. The molecule has 84 valence electrons. The van der Waals surface area contributed by atoms with Gasteiger partial charge in [-0.15, -0.1) is 0 Å². The molecule has 0 aromatic heterocycles. The highest BCUT2D eigenvalue weighted by Gasteiger charge is 2.07. The number of nitrogens with two attached hydrogens (primary N) is 1. The Hall–Kier alpha value is -1.02. The average Bonchev–Trinajstić information content (AvgIpc) is 2.27. The fourth-order valence-electron chi connectivity index (χ4n) is 1.54. The lowest BCUT2D eigenvalue weighted by Gasteiger charge is -2.26. The molecule has 1 rings (SSSR count). The van der Waals surface area contributed by atoms with Crippen molar-refractivity contribution in [1.29, 1.82) is 0 Å². The highest BCUT2D eigenvalue weighted by atomic mass is 15.1. The van der Waals surface area contributed by atoms with Crippen LogP contribution in [0, 0.1) is 0 Å². The van der Waals surface area contributed by atoms with Crippen molar-refractivity contribution in [1.82, 2.24) is 0 Å². The van der Waals surface area contributed by atoms with Crippen LogP contribution in [0.1, 0.15) is 38.8 Å². The van der Waals surface area contributed by atoms with Crippen LogP contribution in [0.3, 0.4) is 0 Å². The topological polar surface area (TPSA) is 29.3 Å². The van der Waals surface area contributed by atoms with E-state index in [4.69, 9.17) is 5.73 Å². The van der Waals surface area contributed by atoms with E-state index in [1.165, 1.54) is 11.3 Å². The summed E-state index contributed by atoms with van der Waals surface area (Å²) in [4.78, 5) is 2.30. The first-order chi connectivity index (χ1) is 7.06. The number of nitrogens with zero attached hydrogens (tertiary/aromatic N) is 1. The van der Waals surface area contributed by atoms with Gasteiger partial charge in [-0.25, -0.2) is 0 Å². The van der Waals surface area contributed by atoms with E-state index in [0.717, 1.165) is 6.42 Å². The molecule has 0 aliphatic heterocycles. The smallest absolute Gasteiger partial charge is 0.0366 e. The Morgan fingerprint density at radius 1 is 1.20 bits per heavy atom. The predicted molar refractivity (Wildman–Crippen MR) is 67.2 cm³/mol. The third-order valence-electron chi connectivity index (χ3n) is 3.08. The first-order valence-electron chi connectivity index (χ1n) is 5.64. The summed E-state index contributed by atoms with van der Waals surface area (Å²) < 4.78 is 0. The lowest BCUT2D eigenvalue weighted by atomic mass is 10.1. The van der Waals surface area contributed by atoms with E-state index >= 15 is 0 Å². The van der Waals surface area contributed by atoms with E-state index in [9.17, 15) is 0 Å². The second-order valence-electron chi connectivity index (χ2n) is 4.25. The molecular weight excluding hydrogens is 184 g/mol. The lowest BCUT2D eigenvalue weighted by Crippen LogP contribution is -2.27. The zero-order valence-corrected chi connectivity index (χ0v) is 10.2. The molecule has 0 radical (unpaired) electrons. The minimum atomic E-state index is 0.118. The van der Waals surface area contributed by atoms with Gasteiger partial charge >= 0.3 is 0 Å². The zero-order chi connectivity index (χ0) is 11.4. The molecule has 15 heavy (non-hydrogen) atoms. The fraction of sp³-hybridized carbons (Fsp3) is 0.538. The third-order valence-corrected chi connectivity index (χ3v) is 3.08. The van der Waals surface area contributed by atoms with Gasteiger partial charge in [-0.1, -0.05) is 19.1 Å². The first kappa shape index (κ1) is 12.1. The third kappa shape index (κ3) is 2.96. The number of hydrogen-bond donors (Lipinski definition) is 1. The standard InChI is InChI=1S/C13H22N2/c1-5-10(2)15(4)13-8-6-12(7-9-13)11(3)14/h6-11H,5,14H2,1-4H3/t10?,11-/m1/s1. The second-order valence-corrected chi connectivity index (χ2v) is 4.25. The highest BCUT2D eigenvalue weighted by Crippen LogP contribution is 2.19. The molecule has 2 atom stereocenters. The summed E-state index contributed by atoms with van der Waals surface area (Å²) in [7, 11) is 2.13. The molecule has 1 unspecified atom stereocenters. The van der Waals surface area contributed by atoms with Gasteiger partial charge in [-0.2, -0.15) is 0 Å². The molecule has 0 bridgehead atoms. The summed E-state index contributed by atoms with van der Waals surface area (Å²) in [5, 5.41) is 0. The molecule has 1 aromatic rings. The lowest BCUT2D eigenvalue weighted by molar-refractivity contribution is 0.663. The summed E-state index contributed by atoms with van der Waals surface area (Å²) in [5.41, 5.74) is 8.26. The van der Waals surface area contributed by atoms with Crippen molar-refractivity contribution >= 4 is 5.69 Å². The Morgan fingerprint density at radius 3 is 2.13 bits per heavy atom. The van der Waals surface area contributed by atoms with Crippen LogP contribution in [0.25, 0.3) is 0 Å². The molecule has 0 saturated heterocycles. The normalized spacial score (nSPS) is 14.7. The van der Waals surface area contributed by atoms with Crippen LogP contribution in [-0.2, 0) is 0 Å². The minimum Gasteiger partial charge on any atom is -0.372 e. The maximum absolute atomic E-state index is 5.81. The average molecular weight is 206 g/mol. The summed E-state index contributed by atoms with van der Waals surface area (Å²) in [6.07, 6.45) is 1.16. The molecule has 2 heteroatoms. The molecule has 2 N–H and O–H groups in total. The van der Waals surface area contributed by atoms with E-state index in [0.29, 0.717) is 6.04 Å². The van der Waals surface area contributed by atoms with Crippen LogP contribution in [0.2, 0.25) is 0 Å². The maximum atomic E-state index is 5.81. The molecule has 0 aliphatic rings. The van der Waals surface area contributed by atoms with Gasteiger partial charge in [0, 0.05) is 24.8 Å². The first-order valence-corrected chi connectivity index (χ1v) is 5.64. The summed E-state index contributed by atoms with van der Waals surface area (Å²) in [6.45, 7) is 6.45. The van der Waals surface area contributed by atoms with Crippen LogP contribution >= 0.6 is 0 Å². The Labute approximate surface area is 93.1 Å². The molecule has 1 aromatic carbocycles. The van der Waals surface area contributed by atoms with Crippen LogP contribution in [0.15, 0.2) is 24.3 Å². The van der Waals surface area contributed by atoms with Gasteiger partial charge in [0.15, 0.2) is 0 Å². The van der Waals surface area contributed by atoms with Gasteiger partial charge < -0.3 is 10.6 Å². The Kier molecular flexibility index (Phi) is 4.15. The number of benzene rings is 1. The SMILES string of the molecule is CCC(C)N(C)c1ccc([C@@H](C)N)cc1. The van der Waals surface area contributed by atoms with E-state index < -0.39 is 0 Å². The fourth-order valence-corrected chi connectivity index (χ4v) is 1.54. The number of hydrogen-bond acceptors (Lipinski definition) is 2. The van der Waals surface area contributed by atoms with Crippen molar-refractivity contribution in [2.75, 3.05) is 11.9 Å². The molecule has 0 spiro atoms. The largest absolute Gasteiger partial charge is 0.372 e. The number of rotatable bonds is 4. The summed E-state index contributed by atoms with van der Waals surface area (Å²) in [6, 6.07) is 9.20. The molecule has 2 nitrogen and oxygen atoms in total. The van der Waals surface area contributed by atoms with E-state index in [1.807, 2.05) is 6.92 Å². The summed E-state index contributed by atoms with van der Waals surface area (Å²) >= 11 is 0. The molecule has 0 heterocycles. The van der Waals surface area contributed by atoms with Crippen molar-refractivity contribution in [3.05, 3.63) is 29.8 Å². The Morgan fingerprint density at radius 2 is 1.73 bits per heavy atom. The van der Waals surface area contributed by atoms with Crippen LogP contribution < -0.4 is 10.6 Å². The van der Waals surface area contributed by atoms with Crippen molar-refractivity contribution in [3.63, 3.8) is 0 Å². The van der Waals surface area contributed by atoms with E-state index in [2.05, 4.69) is 50.1 Å². The van der Waals surface area contributed by atoms with Gasteiger partial charge in [-0.05, 0) is 38.0 Å². The summed E-state index contributed by atoms with van der Waals surface area (Å²) in [5.74, 6) is 0.